The highest BCUT2D eigenvalue weighted by Gasteiger charge is 2.37. The summed E-state index contributed by atoms with van der Waals surface area (Å²) in [5, 5.41) is 0.690. The summed E-state index contributed by atoms with van der Waals surface area (Å²) in [5.41, 5.74) is 0.822. The summed E-state index contributed by atoms with van der Waals surface area (Å²) in [7, 11) is 0. The standard InChI is InChI=1S/C12H10ClF3N2OS/c13-10-2-1-8(6-17-10)7-18-3-4-20-11(18)5-9(19)12(14,15)16/h1-2,5-6H,3-4,7H2/b11-5+. The second-order valence-corrected chi connectivity index (χ2v) is 5.61. The number of alkyl halides is 3. The third-order valence-electron chi connectivity index (χ3n) is 2.62. The number of carbonyl (C=O) groups is 1. The van der Waals surface area contributed by atoms with Crippen molar-refractivity contribution in [3.63, 3.8) is 0 Å². The number of allylic oxidation sites excluding steroid dienone is 1. The molecule has 0 atom stereocenters. The van der Waals surface area contributed by atoms with Crippen molar-refractivity contribution < 1.29 is 18.0 Å². The van der Waals surface area contributed by atoms with Gasteiger partial charge in [0.05, 0.1) is 5.03 Å². The van der Waals surface area contributed by atoms with E-state index in [1.807, 2.05) is 0 Å². The lowest BCUT2D eigenvalue weighted by Gasteiger charge is -2.18. The lowest BCUT2D eigenvalue weighted by atomic mass is 10.2. The average Bonchev–Trinajstić information content (AvgIpc) is 2.78. The van der Waals surface area contributed by atoms with Crippen LogP contribution in [0.15, 0.2) is 29.4 Å². The first-order chi connectivity index (χ1) is 9.36. The minimum atomic E-state index is -4.83. The van der Waals surface area contributed by atoms with E-state index in [2.05, 4.69) is 4.98 Å². The molecule has 0 bridgehead atoms. The molecule has 0 saturated carbocycles. The summed E-state index contributed by atoms with van der Waals surface area (Å²) in [6, 6.07) is 3.37. The van der Waals surface area contributed by atoms with Crippen molar-refractivity contribution in [1.29, 1.82) is 0 Å². The van der Waals surface area contributed by atoms with Crippen LogP contribution in [-0.4, -0.2) is 34.1 Å². The number of rotatable bonds is 3. The van der Waals surface area contributed by atoms with E-state index in [9.17, 15) is 18.0 Å². The maximum Gasteiger partial charge on any atom is 0.454 e. The lowest BCUT2D eigenvalue weighted by molar-refractivity contribution is -0.165. The van der Waals surface area contributed by atoms with E-state index >= 15 is 0 Å². The highest BCUT2D eigenvalue weighted by Crippen LogP contribution is 2.30. The minimum absolute atomic E-state index is 0.335. The van der Waals surface area contributed by atoms with Crippen molar-refractivity contribution in [2.45, 2.75) is 12.7 Å². The van der Waals surface area contributed by atoms with Crippen molar-refractivity contribution in [3.05, 3.63) is 40.2 Å². The number of aromatic nitrogens is 1. The summed E-state index contributed by atoms with van der Waals surface area (Å²) >= 11 is 6.90. The molecule has 1 fully saturated rings. The predicted octanol–water partition coefficient (Wildman–Crippen LogP) is 3.26. The second kappa shape index (κ2) is 6.05. The van der Waals surface area contributed by atoms with Crippen LogP contribution in [0.4, 0.5) is 13.2 Å². The van der Waals surface area contributed by atoms with Gasteiger partial charge in [-0.15, -0.1) is 11.8 Å². The number of nitrogens with zero attached hydrogens (tertiary/aromatic N) is 2. The van der Waals surface area contributed by atoms with Gasteiger partial charge in [-0.05, 0) is 11.6 Å². The summed E-state index contributed by atoms with van der Waals surface area (Å²) < 4.78 is 36.8. The Hall–Kier alpha value is -1.21. The van der Waals surface area contributed by atoms with Gasteiger partial charge in [0.25, 0.3) is 5.78 Å². The molecule has 0 aromatic carbocycles. The molecule has 1 saturated heterocycles. The fourth-order valence-corrected chi connectivity index (χ4v) is 2.83. The van der Waals surface area contributed by atoms with Gasteiger partial charge in [-0.25, -0.2) is 4.98 Å². The zero-order valence-electron chi connectivity index (χ0n) is 10.2. The molecule has 0 amide bonds. The van der Waals surface area contributed by atoms with Crippen molar-refractivity contribution >= 4 is 29.1 Å². The Morgan fingerprint density at radius 2 is 2.25 bits per heavy atom. The van der Waals surface area contributed by atoms with Gasteiger partial charge >= 0.3 is 6.18 Å². The monoisotopic (exact) mass is 322 g/mol. The highest BCUT2D eigenvalue weighted by atomic mass is 35.5. The van der Waals surface area contributed by atoms with Gasteiger partial charge in [-0.1, -0.05) is 17.7 Å². The first kappa shape index (κ1) is 15.2. The molecule has 1 aromatic heterocycles. The molecule has 0 radical (unpaired) electrons. The maximum atomic E-state index is 12.3. The smallest absolute Gasteiger partial charge is 0.361 e. The van der Waals surface area contributed by atoms with Crippen molar-refractivity contribution in [2.75, 3.05) is 12.3 Å². The Balaban J connectivity index is 2.09. The van der Waals surface area contributed by atoms with Gasteiger partial charge in [0.1, 0.15) is 5.15 Å². The molecule has 0 spiro atoms. The number of pyridine rings is 1. The van der Waals surface area contributed by atoms with Crippen LogP contribution in [0, 0.1) is 0 Å². The van der Waals surface area contributed by atoms with E-state index in [1.54, 1.807) is 23.2 Å². The fraction of sp³-hybridized carbons (Fsp3) is 0.333. The average molecular weight is 323 g/mol. The number of carbonyl (C=O) groups excluding carboxylic acids is 1. The number of hydrogen-bond donors (Lipinski definition) is 0. The largest absolute Gasteiger partial charge is 0.454 e. The topological polar surface area (TPSA) is 33.2 Å². The van der Waals surface area contributed by atoms with Crippen molar-refractivity contribution in [1.82, 2.24) is 9.88 Å². The zero-order valence-corrected chi connectivity index (χ0v) is 11.7. The summed E-state index contributed by atoms with van der Waals surface area (Å²) in [6.45, 7) is 0.985. The number of halogens is 4. The molecular formula is C12H10ClF3N2OS. The van der Waals surface area contributed by atoms with E-state index in [0.29, 0.717) is 35.1 Å². The molecular weight excluding hydrogens is 313 g/mol. The summed E-state index contributed by atoms with van der Waals surface area (Å²) in [5.74, 6) is -1.18. The van der Waals surface area contributed by atoms with Crippen LogP contribution < -0.4 is 0 Å². The molecule has 0 unspecified atom stereocenters. The second-order valence-electron chi connectivity index (χ2n) is 4.10. The Labute approximate surface area is 122 Å². The Morgan fingerprint density at radius 1 is 1.50 bits per heavy atom. The minimum Gasteiger partial charge on any atom is -0.361 e. The summed E-state index contributed by atoms with van der Waals surface area (Å²) in [4.78, 5) is 16.6. The van der Waals surface area contributed by atoms with Gasteiger partial charge in [0.15, 0.2) is 0 Å². The van der Waals surface area contributed by atoms with E-state index in [1.165, 1.54) is 11.8 Å². The van der Waals surface area contributed by atoms with Gasteiger partial charge in [-0.2, -0.15) is 13.2 Å². The molecule has 2 heterocycles. The van der Waals surface area contributed by atoms with Gasteiger partial charge in [0.2, 0.25) is 0 Å². The Morgan fingerprint density at radius 3 is 2.85 bits per heavy atom. The maximum absolute atomic E-state index is 12.3. The number of ketones is 1. The van der Waals surface area contributed by atoms with Crippen molar-refractivity contribution in [3.8, 4) is 0 Å². The molecule has 3 nitrogen and oxygen atoms in total. The number of thioether (sulfide) groups is 1. The third-order valence-corrected chi connectivity index (χ3v) is 3.90. The fourth-order valence-electron chi connectivity index (χ4n) is 1.67. The van der Waals surface area contributed by atoms with E-state index in [-0.39, 0.29) is 0 Å². The van der Waals surface area contributed by atoms with Crippen LogP contribution in [0.1, 0.15) is 5.56 Å². The molecule has 20 heavy (non-hydrogen) atoms. The van der Waals surface area contributed by atoms with Crippen LogP contribution in [0.5, 0.6) is 0 Å². The Kier molecular flexibility index (Phi) is 4.59. The van der Waals surface area contributed by atoms with Crippen LogP contribution in [-0.2, 0) is 11.3 Å². The highest BCUT2D eigenvalue weighted by molar-refractivity contribution is 8.03. The molecule has 2 rings (SSSR count). The van der Waals surface area contributed by atoms with Crippen LogP contribution in [0.3, 0.4) is 0 Å². The zero-order chi connectivity index (χ0) is 14.8. The molecule has 8 heteroatoms. The van der Waals surface area contributed by atoms with Gasteiger partial charge in [-0.3, -0.25) is 4.79 Å². The predicted molar refractivity (Wildman–Crippen MR) is 71.3 cm³/mol. The van der Waals surface area contributed by atoms with Gasteiger partial charge < -0.3 is 4.90 Å². The SMILES string of the molecule is O=C(/C=C1/SCCN1Cc1ccc(Cl)nc1)C(F)(F)F. The van der Waals surface area contributed by atoms with Crippen LogP contribution >= 0.6 is 23.4 Å². The molecule has 1 aromatic rings. The van der Waals surface area contributed by atoms with Gasteiger partial charge in [0, 0.05) is 31.1 Å². The van der Waals surface area contributed by atoms with Crippen molar-refractivity contribution in [2.24, 2.45) is 0 Å². The Bertz CT molecular complexity index is 530. The molecule has 0 N–H and O–H groups in total. The molecule has 1 aliphatic heterocycles. The lowest BCUT2D eigenvalue weighted by Crippen LogP contribution is -2.23. The van der Waals surface area contributed by atoms with Crippen LogP contribution in [0.25, 0.3) is 0 Å². The van der Waals surface area contributed by atoms with E-state index in [4.69, 9.17) is 11.6 Å². The van der Waals surface area contributed by atoms with Crippen LogP contribution in [0.2, 0.25) is 5.15 Å². The normalized spacial score (nSPS) is 17.8. The van der Waals surface area contributed by atoms with E-state index in [0.717, 1.165) is 5.56 Å². The molecule has 0 aliphatic carbocycles. The first-order valence-corrected chi connectivity index (χ1v) is 7.03. The molecule has 1 aliphatic rings. The first-order valence-electron chi connectivity index (χ1n) is 5.67. The summed E-state index contributed by atoms with van der Waals surface area (Å²) in [6.07, 6.45) is -2.61. The molecule has 108 valence electrons. The quantitative estimate of drug-likeness (QED) is 0.632. The van der Waals surface area contributed by atoms with E-state index < -0.39 is 12.0 Å². The number of hydrogen-bond acceptors (Lipinski definition) is 4. The third kappa shape index (κ3) is 3.89.